The first-order valence-corrected chi connectivity index (χ1v) is 7.94. The van der Waals surface area contributed by atoms with Crippen LogP contribution < -0.4 is 4.74 Å². The van der Waals surface area contributed by atoms with E-state index in [2.05, 4.69) is 47.6 Å². The highest BCUT2D eigenvalue weighted by Gasteiger charge is 2.44. The number of carbonyl (C=O) groups excluding carboxylic acids is 1. The number of aryl methyl sites for hydroxylation is 1. The molecule has 116 valence electrons. The van der Waals surface area contributed by atoms with Crippen LogP contribution in [-0.4, -0.2) is 6.47 Å². The smallest absolute Gasteiger partial charge is 0.298 e. The summed E-state index contributed by atoms with van der Waals surface area (Å²) in [5.41, 5.74) is 5.33. The lowest BCUT2D eigenvalue weighted by molar-refractivity contribution is -0.120. The van der Waals surface area contributed by atoms with Gasteiger partial charge < -0.3 is 4.74 Å². The molecular weight excluding hydrogens is 260 g/mol. The molecule has 0 spiro atoms. The van der Waals surface area contributed by atoms with Gasteiger partial charge in [-0.2, -0.15) is 0 Å². The number of benzene rings is 1. The van der Waals surface area contributed by atoms with Gasteiger partial charge in [0.15, 0.2) is 0 Å². The summed E-state index contributed by atoms with van der Waals surface area (Å²) in [5, 5.41) is 0. The first-order valence-electron chi connectivity index (χ1n) is 7.94. The van der Waals surface area contributed by atoms with E-state index in [4.69, 9.17) is 4.74 Å². The zero-order chi connectivity index (χ0) is 16.0. The van der Waals surface area contributed by atoms with E-state index in [1.165, 1.54) is 17.5 Å². The van der Waals surface area contributed by atoms with Crippen molar-refractivity contribution in [1.82, 2.24) is 0 Å². The molecule has 2 heteroatoms. The fourth-order valence-electron chi connectivity index (χ4n) is 4.10. The number of carbonyl (C=O) groups is 1. The summed E-state index contributed by atoms with van der Waals surface area (Å²) >= 11 is 0. The molecule has 0 N–H and O–H groups in total. The van der Waals surface area contributed by atoms with E-state index in [0.29, 0.717) is 12.4 Å². The van der Waals surface area contributed by atoms with E-state index in [0.717, 1.165) is 23.3 Å². The molecule has 0 amide bonds. The molecule has 0 bridgehead atoms. The fourth-order valence-corrected chi connectivity index (χ4v) is 4.10. The maximum atomic E-state index is 10.8. The van der Waals surface area contributed by atoms with E-state index in [-0.39, 0.29) is 10.8 Å². The lowest BCUT2D eigenvalue weighted by Gasteiger charge is -2.49. The number of fused-ring (bicyclic) bond motifs is 1. The van der Waals surface area contributed by atoms with Gasteiger partial charge in [-0.05, 0) is 65.7 Å². The Morgan fingerprint density at radius 3 is 2.48 bits per heavy atom. The standard InChI is InChI=1S/C19H28O2/c1-8-19(7)10-13(3)18(5,6)15-9-12(2)17(21-11-20)14(4)16(15)19/h9,11,13H,8,10H2,1-7H3. The minimum Gasteiger partial charge on any atom is -0.428 e. The van der Waals surface area contributed by atoms with Crippen LogP contribution in [0.1, 0.15) is 69.7 Å². The fraction of sp³-hybridized carbons (Fsp3) is 0.632. The van der Waals surface area contributed by atoms with Crippen LogP contribution >= 0.6 is 0 Å². The van der Waals surface area contributed by atoms with Gasteiger partial charge in [0.1, 0.15) is 5.75 Å². The Bertz CT molecular complexity index is 571. The first-order chi connectivity index (χ1) is 9.69. The van der Waals surface area contributed by atoms with E-state index >= 15 is 0 Å². The highest BCUT2D eigenvalue weighted by atomic mass is 16.5. The van der Waals surface area contributed by atoms with Gasteiger partial charge in [0.2, 0.25) is 0 Å². The average Bonchev–Trinajstić information content (AvgIpc) is 2.41. The third kappa shape index (κ3) is 2.29. The van der Waals surface area contributed by atoms with Crippen LogP contribution in [-0.2, 0) is 15.6 Å². The van der Waals surface area contributed by atoms with E-state index in [1.807, 2.05) is 6.92 Å². The molecule has 21 heavy (non-hydrogen) atoms. The monoisotopic (exact) mass is 288 g/mol. The molecule has 0 fully saturated rings. The minimum absolute atomic E-state index is 0.152. The normalized spacial score (nSPS) is 27.1. The topological polar surface area (TPSA) is 26.3 Å². The number of rotatable bonds is 3. The molecule has 2 rings (SSSR count). The van der Waals surface area contributed by atoms with Crippen molar-refractivity contribution in [2.45, 2.75) is 72.1 Å². The van der Waals surface area contributed by atoms with Gasteiger partial charge in [-0.3, -0.25) is 4.79 Å². The molecule has 1 aliphatic rings. The Morgan fingerprint density at radius 2 is 1.95 bits per heavy atom. The summed E-state index contributed by atoms with van der Waals surface area (Å²) in [7, 11) is 0. The molecule has 1 aromatic rings. The zero-order valence-corrected chi connectivity index (χ0v) is 14.5. The molecule has 2 atom stereocenters. The number of hydrogen-bond acceptors (Lipinski definition) is 2. The van der Waals surface area contributed by atoms with Crippen molar-refractivity contribution in [1.29, 1.82) is 0 Å². The van der Waals surface area contributed by atoms with Crippen LogP contribution in [0.15, 0.2) is 6.07 Å². The molecule has 2 nitrogen and oxygen atoms in total. The summed E-state index contributed by atoms with van der Waals surface area (Å²) in [5.74, 6) is 1.38. The van der Waals surface area contributed by atoms with Crippen molar-refractivity contribution in [3.63, 3.8) is 0 Å². The molecule has 0 aliphatic heterocycles. The Hall–Kier alpha value is -1.31. The molecule has 0 heterocycles. The van der Waals surface area contributed by atoms with Gasteiger partial charge in [0.25, 0.3) is 6.47 Å². The van der Waals surface area contributed by atoms with E-state index in [9.17, 15) is 4.79 Å². The summed E-state index contributed by atoms with van der Waals surface area (Å²) in [6.07, 6.45) is 2.28. The lowest BCUT2D eigenvalue weighted by atomic mass is 9.56. The Kier molecular flexibility index (Phi) is 3.94. The van der Waals surface area contributed by atoms with Gasteiger partial charge >= 0.3 is 0 Å². The summed E-state index contributed by atoms with van der Waals surface area (Å²) in [6.45, 7) is 16.3. The molecule has 1 aromatic carbocycles. The van der Waals surface area contributed by atoms with Crippen LogP contribution in [0.5, 0.6) is 5.75 Å². The Morgan fingerprint density at radius 1 is 1.33 bits per heavy atom. The van der Waals surface area contributed by atoms with E-state index in [1.54, 1.807) is 0 Å². The molecule has 0 aromatic heterocycles. The third-order valence-electron chi connectivity index (χ3n) is 5.94. The molecule has 0 radical (unpaired) electrons. The second-order valence-electron chi connectivity index (χ2n) is 7.53. The van der Waals surface area contributed by atoms with Gasteiger partial charge in [-0.1, -0.05) is 40.7 Å². The quantitative estimate of drug-likeness (QED) is 0.745. The van der Waals surface area contributed by atoms with Gasteiger partial charge in [0.05, 0.1) is 0 Å². The molecular formula is C19H28O2. The lowest BCUT2D eigenvalue weighted by Crippen LogP contribution is -2.42. The van der Waals surface area contributed by atoms with Crippen LogP contribution in [0.4, 0.5) is 0 Å². The summed E-state index contributed by atoms with van der Waals surface area (Å²) < 4.78 is 5.29. The van der Waals surface area contributed by atoms with Crippen LogP contribution in [0.25, 0.3) is 0 Å². The van der Waals surface area contributed by atoms with Crippen molar-refractivity contribution >= 4 is 6.47 Å². The highest BCUT2D eigenvalue weighted by Crippen LogP contribution is 2.53. The van der Waals surface area contributed by atoms with Crippen LogP contribution in [0, 0.1) is 19.8 Å². The Balaban J connectivity index is 2.82. The zero-order valence-electron chi connectivity index (χ0n) is 14.5. The summed E-state index contributed by atoms with van der Waals surface area (Å²) in [6, 6.07) is 2.24. The average molecular weight is 288 g/mol. The molecule has 1 aliphatic carbocycles. The summed E-state index contributed by atoms with van der Waals surface area (Å²) in [4.78, 5) is 10.8. The van der Waals surface area contributed by atoms with Crippen molar-refractivity contribution in [3.05, 3.63) is 28.3 Å². The molecule has 0 saturated carbocycles. The van der Waals surface area contributed by atoms with Crippen molar-refractivity contribution < 1.29 is 9.53 Å². The maximum Gasteiger partial charge on any atom is 0.298 e. The van der Waals surface area contributed by atoms with E-state index < -0.39 is 0 Å². The predicted molar refractivity (Wildman–Crippen MR) is 87.1 cm³/mol. The number of ether oxygens (including phenoxy) is 1. The third-order valence-corrected chi connectivity index (χ3v) is 5.94. The van der Waals surface area contributed by atoms with Crippen molar-refractivity contribution in [2.75, 3.05) is 0 Å². The second-order valence-corrected chi connectivity index (χ2v) is 7.53. The van der Waals surface area contributed by atoms with Gasteiger partial charge in [0, 0.05) is 0 Å². The number of hydrogen-bond donors (Lipinski definition) is 0. The van der Waals surface area contributed by atoms with Crippen LogP contribution in [0.2, 0.25) is 0 Å². The van der Waals surface area contributed by atoms with Crippen molar-refractivity contribution in [3.8, 4) is 5.75 Å². The van der Waals surface area contributed by atoms with Gasteiger partial charge in [-0.25, -0.2) is 0 Å². The Labute approximate surface area is 128 Å². The molecule has 0 saturated heterocycles. The van der Waals surface area contributed by atoms with Gasteiger partial charge in [-0.15, -0.1) is 0 Å². The maximum absolute atomic E-state index is 10.8. The largest absolute Gasteiger partial charge is 0.428 e. The molecule has 2 unspecified atom stereocenters. The minimum atomic E-state index is 0.152. The second kappa shape index (κ2) is 5.15. The SMILES string of the molecule is CCC1(C)CC(C)C(C)(C)c2cc(C)c(OC=O)c(C)c21. The van der Waals surface area contributed by atoms with Crippen molar-refractivity contribution in [2.24, 2.45) is 5.92 Å². The predicted octanol–water partition coefficient (Wildman–Crippen LogP) is 4.82. The van der Waals surface area contributed by atoms with Crippen LogP contribution in [0.3, 0.4) is 0 Å². The highest BCUT2D eigenvalue weighted by molar-refractivity contribution is 5.59. The first kappa shape index (κ1) is 16.1.